The highest BCUT2D eigenvalue weighted by Gasteiger charge is 2.33. The van der Waals surface area contributed by atoms with E-state index >= 15 is 0 Å². The van der Waals surface area contributed by atoms with Crippen molar-refractivity contribution < 1.29 is 14.1 Å². The molecule has 2 aliphatic rings. The van der Waals surface area contributed by atoms with Crippen molar-refractivity contribution in [3.05, 3.63) is 54.2 Å². The molecule has 0 radical (unpaired) electrons. The third-order valence-electron chi connectivity index (χ3n) is 5.08. The van der Waals surface area contributed by atoms with E-state index in [9.17, 15) is 9.59 Å². The molecule has 0 spiro atoms. The van der Waals surface area contributed by atoms with Crippen LogP contribution in [0.4, 0.5) is 5.69 Å². The second-order valence-electron chi connectivity index (χ2n) is 6.59. The van der Waals surface area contributed by atoms with E-state index in [1.54, 1.807) is 11.0 Å². The number of aryl methyl sites for hydroxylation is 1. The van der Waals surface area contributed by atoms with Crippen LogP contribution < -0.4 is 4.90 Å². The van der Waals surface area contributed by atoms with Crippen LogP contribution in [0.5, 0.6) is 0 Å². The monoisotopic (exact) mass is 352 g/mol. The minimum absolute atomic E-state index is 0.0349. The number of fused-ring (bicyclic) bond motifs is 1. The summed E-state index contributed by atoms with van der Waals surface area (Å²) < 4.78 is 4.84. The van der Waals surface area contributed by atoms with Gasteiger partial charge in [0.05, 0.1) is 6.04 Å². The number of carbonyl (C=O) groups is 2. The van der Waals surface area contributed by atoms with Crippen LogP contribution in [-0.2, 0) is 11.2 Å². The van der Waals surface area contributed by atoms with Crippen LogP contribution in [0.2, 0.25) is 0 Å². The SMILES string of the molecule is C=CC(=O)N1CCCc2cc(C(=O)N3CCCC3c3ncon3)ccc21. The molecule has 0 aliphatic carbocycles. The number of carbonyl (C=O) groups excluding carboxylic acids is 2. The fourth-order valence-electron chi connectivity index (χ4n) is 3.84. The Kier molecular flexibility index (Phi) is 4.28. The second kappa shape index (κ2) is 6.74. The highest BCUT2D eigenvalue weighted by Crippen LogP contribution is 2.33. The summed E-state index contributed by atoms with van der Waals surface area (Å²) in [5.41, 5.74) is 2.52. The lowest BCUT2D eigenvalue weighted by Crippen LogP contribution is -2.35. The summed E-state index contributed by atoms with van der Waals surface area (Å²) in [5.74, 6) is 0.408. The average molecular weight is 352 g/mol. The van der Waals surface area contributed by atoms with Gasteiger partial charge in [-0.05, 0) is 55.5 Å². The molecule has 7 nitrogen and oxygen atoms in total. The van der Waals surface area contributed by atoms with Crippen LogP contribution in [-0.4, -0.2) is 39.9 Å². The van der Waals surface area contributed by atoms with Gasteiger partial charge in [0.25, 0.3) is 5.91 Å². The number of likely N-dealkylation sites (tertiary alicyclic amines) is 1. The van der Waals surface area contributed by atoms with Gasteiger partial charge in [0, 0.05) is 24.3 Å². The summed E-state index contributed by atoms with van der Waals surface area (Å²) >= 11 is 0. The Morgan fingerprint density at radius 1 is 1.27 bits per heavy atom. The van der Waals surface area contributed by atoms with Crippen LogP contribution in [0.3, 0.4) is 0 Å². The Balaban J connectivity index is 1.61. The summed E-state index contributed by atoms with van der Waals surface area (Å²) in [5, 5.41) is 3.90. The largest absolute Gasteiger partial charge is 0.343 e. The minimum Gasteiger partial charge on any atom is -0.343 e. The third kappa shape index (κ3) is 2.79. The fraction of sp³-hybridized carbons (Fsp3) is 0.368. The van der Waals surface area contributed by atoms with Crippen LogP contribution >= 0.6 is 0 Å². The van der Waals surface area contributed by atoms with Crippen molar-refractivity contribution in [2.24, 2.45) is 0 Å². The molecule has 134 valence electrons. The zero-order valence-corrected chi connectivity index (χ0v) is 14.4. The first-order chi connectivity index (χ1) is 12.7. The van der Waals surface area contributed by atoms with Crippen molar-refractivity contribution in [3.63, 3.8) is 0 Å². The predicted molar refractivity (Wildman–Crippen MR) is 94.6 cm³/mol. The molecule has 0 bridgehead atoms. The normalized spacial score (nSPS) is 19.3. The molecular formula is C19H20N4O3. The van der Waals surface area contributed by atoms with E-state index in [-0.39, 0.29) is 17.9 Å². The lowest BCUT2D eigenvalue weighted by Gasteiger charge is -2.29. The van der Waals surface area contributed by atoms with E-state index in [1.807, 2.05) is 17.0 Å². The van der Waals surface area contributed by atoms with E-state index in [0.29, 0.717) is 24.5 Å². The van der Waals surface area contributed by atoms with Crippen molar-refractivity contribution in [2.45, 2.75) is 31.7 Å². The van der Waals surface area contributed by atoms with Crippen molar-refractivity contribution in [3.8, 4) is 0 Å². The van der Waals surface area contributed by atoms with E-state index in [4.69, 9.17) is 4.52 Å². The topological polar surface area (TPSA) is 79.5 Å². The van der Waals surface area contributed by atoms with E-state index in [0.717, 1.165) is 36.9 Å². The van der Waals surface area contributed by atoms with Crippen LogP contribution in [0.1, 0.15) is 47.1 Å². The Hall–Kier alpha value is -2.96. The predicted octanol–water partition coefficient (Wildman–Crippen LogP) is 2.51. The maximum absolute atomic E-state index is 13.1. The molecule has 2 aromatic rings. The van der Waals surface area contributed by atoms with Crippen molar-refractivity contribution >= 4 is 17.5 Å². The molecule has 4 rings (SSSR count). The first-order valence-corrected chi connectivity index (χ1v) is 8.83. The number of amides is 2. The second-order valence-corrected chi connectivity index (χ2v) is 6.59. The maximum atomic E-state index is 13.1. The molecule has 2 amide bonds. The molecular weight excluding hydrogens is 332 g/mol. The lowest BCUT2D eigenvalue weighted by atomic mass is 9.98. The van der Waals surface area contributed by atoms with Crippen LogP contribution in [0.15, 0.2) is 41.8 Å². The molecule has 26 heavy (non-hydrogen) atoms. The maximum Gasteiger partial charge on any atom is 0.254 e. The number of hydrogen-bond acceptors (Lipinski definition) is 5. The zero-order chi connectivity index (χ0) is 18.1. The highest BCUT2D eigenvalue weighted by molar-refractivity contribution is 6.02. The van der Waals surface area contributed by atoms with E-state index in [2.05, 4.69) is 16.7 Å². The zero-order valence-electron chi connectivity index (χ0n) is 14.4. The number of nitrogens with zero attached hydrogens (tertiary/aromatic N) is 4. The van der Waals surface area contributed by atoms with Gasteiger partial charge in [0.15, 0.2) is 5.82 Å². The first-order valence-electron chi connectivity index (χ1n) is 8.83. The molecule has 2 aliphatic heterocycles. The lowest BCUT2D eigenvalue weighted by molar-refractivity contribution is -0.114. The van der Waals surface area contributed by atoms with Gasteiger partial charge >= 0.3 is 0 Å². The number of anilines is 1. The Bertz CT molecular complexity index is 846. The number of aromatic nitrogens is 2. The number of benzene rings is 1. The van der Waals surface area contributed by atoms with Gasteiger partial charge in [-0.2, -0.15) is 4.98 Å². The third-order valence-corrected chi connectivity index (χ3v) is 5.08. The molecule has 3 heterocycles. The molecule has 1 aromatic carbocycles. The molecule has 1 aromatic heterocycles. The summed E-state index contributed by atoms with van der Waals surface area (Å²) in [7, 11) is 0. The molecule has 7 heteroatoms. The summed E-state index contributed by atoms with van der Waals surface area (Å²) in [6, 6.07) is 5.42. The molecule has 1 atom stereocenters. The average Bonchev–Trinajstić information content (AvgIpc) is 3.37. The van der Waals surface area contributed by atoms with Crippen molar-refractivity contribution in [1.29, 1.82) is 0 Å². The van der Waals surface area contributed by atoms with E-state index in [1.165, 1.54) is 12.5 Å². The molecule has 1 saturated heterocycles. The number of hydrogen-bond donors (Lipinski definition) is 0. The molecule has 0 N–H and O–H groups in total. The smallest absolute Gasteiger partial charge is 0.254 e. The standard InChI is InChI=1S/C19H20N4O3/c1-2-17(24)22-9-3-5-13-11-14(7-8-15(13)22)19(25)23-10-4-6-16(23)18-20-12-26-21-18/h2,7-8,11-12,16H,1,3-6,9-10H2. The van der Waals surface area contributed by atoms with Crippen molar-refractivity contribution in [1.82, 2.24) is 15.0 Å². The van der Waals surface area contributed by atoms with Gasteiger partial charge in [0.2, 0.25) is 12.3 Å². The quantitative estimate of drug-likeness (QED) is 0.793. The van der Waals surface area contributed by atoms with Gasteiger partial charge in [-0.25, -0.2) is 0 Å². The van der Waals surface area contributed by atoms with Gasteiger partial charge in [-0.3, -0.25) is 9.59 Å². The van der Waals surface area contributed by atoms with E-state index < -0.39 is 0 Å². The molecule has 0 saturated carbocycles. The molecule has 1 unspecified atom stereocenters. The van der Waals surface area contributed by atoms with Crippen LogP contribution in [0, 0.1) is 0 Å². The summed E-state index contributed by atoms with van der Waals surface area (Å²) in [4.78, 5) is 32.7. The van der Waals surface area contributed by atoms with Crippen molar-refractivity contribution in [2.75, 3.05) is 18.0 Å². The summed E-state index contributed by atoms with van der Waals surface area (Å²) in [6.07, 6.45) is 6.09. The highest BCUT2D eigenvalue weighted by atomic mass is 16.5. The fourth-order valence-corrected chi connectivity index (χ4v) is 3.84. The van der Waals surface area contributed by atoms with Gasteiger partial charge in [0.1, 0.15) is 0 Å². The Morgan fingerprint density at radius 3 is 2.92 bits per heavy atom. The Morgan fingerprint density at radius 2 is 2.15 bits per heavy atom. The van der Waals surface area contributed by atoms with Gasteiger partial charge < -0.3 is 14.3 Å². The summed E-state index contributed by atoms with van der Waals surface area (Å²) in [6.45, 7) is 4.92. The number of rotatable bonds is 3. The minimum atomic E-state index is -0.142. The van der Waals surface area contributed by atoms with Crippen LogP contribution in [0.25, 0.3) is 0 Å². The molecule has 1 fully saturated rings. The van der Waals surface area contributed by atoms with Gasteiger partial charge in [-0.15, -0.1) is 0 Å². The Labute approximate surface area is 151 Å². The first kappa shape index (κ1) is 16.5. The van der Waals surface area contributed by atoms with Gasteiger partial charge in [-0.1, -0.05) is 11.7 Å².